The molecule has 1 atom stereocenters. The third-order valence-corrected chi connectivity index (χ3v) is 2.82. The fraction of sp³-hybridized carbons (Fsp3) is 0.667. The monoisotopic (exact) mass is 225 g/mol. The van der Waals surface area contributed by atoms with Gasteiger partial charge in [-0.1, -0.05) is 5.21 Å². The van der Waals surface area contributed by atoms with E-state index in [9.17, 15) is 4.79 Å². The number of hydrogen-bond donors (Lipinski definition) is 3. The lowest BCUT2D eigenvalue weighted by molar-refractivity contribution is 0.165. The van der Waals surface area contributed by atoms with Crippen LogP contribution in [0, 0.1) is 0 Å². The molecule has 7 nitrogen and oxygen atoms in total. The van der Waals surface area contributed by atoms with Gasteiger partial charge in [0.1, 0.15) is 11.2 Å². The van der Waals surface area contributed by atoms with Crippen molar-refractivity contribution < 1.29 is 9.90 Å². The Morgan fingerprint density at radius 1 is 1.75 bits per heavy atom. The zero-order valence-electron chi connectivity index (χ0n) is 9.10. The van der Waals surface area contributed by atoms with Gasteiger partial charge in [0, 0.05) is 13.6 Å². The lowest BCUT2D eigenvalue weighted by atomic mass is 9.87. The number of nitrogens with one attached hydrogen (secondary N) is 2. The molecule has 16 heavy (non-hydrogen) atoms. The summed E-state index contributed by atoms with van der Waals surface area (Å²) in [5, 5.41) is 22.5. The Kier molecular flexibility index (Phi) is 2.78. The average Bonchev–Trinajstić information content (AvgIpc) is 2.66. The van der Waals surface area contributed by atoms with E-state index in [0.29, 0.717) is 12.2 Å². The number of aromatic nitrogens is 3. The predicted molar refractivity (Wildman–Crippen MR) is 55.9 cm³/mol. The van der Waals surface area contributed by atoms with Gasteiger partial charge >= 0.3 is 6.09 Å². The maximum Gasteiger partial charge on any atom is 0.405 e. The zero-order chi connectivity index (χ0) is 11.6. The fourth-order valence-corrected chi connectivity index (χ4v) is 2.07. The Bertz CT molecular complexity index is 383. The molecule has 0 bridgehead atoms. The normalized spacial score (nSPS) is 25.3. The molecular formula is C9H15N5O2. The van der Waals surface area contributed by atoms with Crippen LogP contribution in [0.5, 0.6) is 0 Å². The maximum atomic E-state index is 10.9. The smallest absolute Gasteiger partial charge is 0.405 e. The number of hydrogen-bond acceptors (Lipinski definition) is 4. The maximum absolute atomic E-state index is 10.9. The first-order chi connectivity index (χ1) is 7.62. The van der Waals surface area contributed by atoms with Gasteiger partial charge in [-0.2, -0.15) is 0 Å². The number of nitrogens with zero attached hydrogens (tertiary/aromatic N) is 3. The van der Waals surface area contributed by atoms with E-state index in [4.69, 9.17) is 5.11 Å². The van der Waals surface area contributed by atoms with Crippen molar-refractivity contribution in [2.75, 3.05) is 13.1 Å². The highest BCUT2D eigenvalue weighted by Gasteiger charge is 2.38. The van der Waals surface area contributed by atoms with E-state index in [0.717, 1.165) is 19.4 Å². The molecule has 1 aliphatic heterocycles. The van der Waals surface area contributed by atoms with Crippen LogP contribution in [0.4, 0.5) is 4.79 Å². The number of carbonyl (C=O) groups is 1. The second-order valence-electron chi connectivity index (χ2n) is 4.07. The van der Waals surface area contributed by atoms with Crippen molar-refractivity contribution >= 4 is 6.09 Å². The Labute approximate surface area is 92.8 Å². The molecule has 7 heteroatoms. The molecule has 3 N–H and O–H groups in total. The first-order valence-electron chi connectivity index (χ1n) is 5.21. The van der Waals surface area contributed by atoms with Gasteiger partial charge in [-0.3, -0.25) is 4.68 Å². The topological polar surface area (TPSA) is 92.1 Å². The van der Waals surface area contributed by atoms with Crippen LogP contribution in [0.2, 0.25) is 0 Å². The minimum absolute atomic E-state index is 0.554. The van der Waals surface area contributed by atoms with Crippen LogP contribution in [-0.2, 0) is 12.6 Å². The Morgan fingerprint density at radius 3 is 3.06 bits per heavy atom. The number of carboxylic acid groups (broad SMARTS) is 1. The first-order valence-corrected chi connectivity index (χ1v) is 5.21. The lowest BCUT2D eigenvalue weighted by Crippen LogP contribution is -2.55. The van der Waals surface area contributed by atoms with Gasteiger partial charge in [0.2, 0.25) is 0 Å². The van der Waals surface area contributed by atoms with Gasteiger partial charge in [0.25, 0.3) is 0 Å². The molecule has 0 aromatic carbocycles. The summed E-state index contributed by atoms with van der Waals surface area (Å²) in [6.07, 6.45) is 2.37. The molecule has 1 saturated heterocycles. The molecule has 0 saturated carbocycles. The van der Waals surface area contributed by atoms with Crippen molar-refractivity contribution in [1.82, 2.24) is 25.6 Å². The Morgan fingerprint density at radius 2 is 2.56 bits per heavy atom. The summed E-state index contributed by atoms with van der Waals surface area (Å²) >= 11 is 0. The average molecular weight is 225 g/mol. The Hall–Kier alpha value is -1.63. The number of amides is 1. The summed E-state index contributed by atoms with van der Waals surface area (Å²) < 4.78 is 1.58. The minimum Gasteiger partial charge on any atom is -0.465 e. The van der Waals surface area contributed by atoms with Crippen LogP contribution >= 0.6 is 0 Å². The van der Waals surface area contributed by atoms with E-state index in [1.807, 2.05) is 0 Å². The molecule has 0 radical (unpaired) electrons. The summed E-state index contributed by atoms with van der Waals surface area (Å²) in [5.74, 6) is 0. The zero-order valence-corrected chi connectivity index (χ0v) is 9.10. The van der Waals surface area contributed by atoms with Gasteiger partial charge in [-0.15, -0.1) is 5.10 Å². The van der Waals surface area contributed by atoms with Crippen LogP contribution in [0.3, 0.4) is 0 Å². The molecule has 1 unspecified atom stereocenters. The predicted octanol–water partition coefficient (Wildman–Crippen LogP) is -0.339. The van der Waals surface area contributed by atoms with Crippen molar-refractivity contribution in [2.45, 2.75) is 18.4 Å². The molecule has 0 spiro atoms. The van der Waals surface area contributed by atoms with Crippen molar-refractivity contribution in [1.29, 1.82) is 0 Å². The van der Waals surface area contributed by atoms with Gasteiger partial charge in [0.05, 0.1) is 6.20 Å². The highest BCUT2D eigenvalue weighted by molar-refractivity contribution is 5.66. The van der Waals surface area contributed by atoms with Crippen LogP contribution in [-0.4, -0.2) is 39.3 Å². The van der Waals surface area contributed by atoms with E-state index in [1.165, 1.54) is 0 Å². The molecule has 1 fully saturated rings. The van der Waals surface area contributed by atoms with E-state index < -0.39 is 11.6 Å². The van der Waals surface area contributed by atoms with Gasteiger partial charge in [-0.25, -0.2) is 4.79 Å². The van der Waals surface area contributed by atoms with Crippen molar-refractivity contribution in [3.8, 4) is 0 Å². The van der Waals surface area contributed by atoms with E-state index in [1.54, 1.807) is 17.9 Å². The Balaban J connectivity index is 2.29. The molecule has 2 rings (SSSR count). The SMILES string of the molecule is Cn1cc(C2(NC(=O)O)CCCNC2)nn1. The van der Waals surface area contributed by atoms with Crippen LogP contribution in [0.15, 0.2) is 6.20 Å². The van der Waals surface area contributed by atoms with Crippen molar-refractivity contribution in [3.63, 3.8) is 0 Å². The summed E-state index contributed by atoms with van der Waals surface area (Å²) in [4.78, 5) is 10.9. The second-order valence-corrected chi connectivity index (χ2v) is 4.07. The van der Waals surface area contributed by atoms with Crippen molar-refractivity contribution in [3.05, 3.63) is 11.9 Å². The third-order valence-electron chi connectivity index (χ3n) is 2.82. The molecule has 2 heterocycles. The van der Waals surface area contributed by atoms with Gasteiger partial charge in [-0.05, 0) is 19.4 Å². The van der Waals surface area contributed by atoms with Crippen molar-refractivity contribution in [2.24, 2.45) is 7.05 Å². The van der Waals surface area contributed by atoms with Crippen LogP contribution in [0.25, 0.3) is 0 Å². The summed E-state index contributed by atoms with van der Waals surface area (Å²) in [5.41, 5.74) is 0.0304. The van der Waals surface area contributed by atoms with E-state index in [2.05, 4.69) is 20.9 Å². The summed E-state index contributed by atoms with van der Waals surface area (Å²) in [7, 11) is 1.77. The minimum atomic E-state index is -1.03. The summed E-state index contributed by atoms with van der Waals surface area (Å²) in [6, 6.07) is 0. The number of piperidine rings is 1. The molecule has 0 aliphatic carbocycles. The first kappa shape index (κ1) is 10.9. The molecule has 1 aromatic rings. The standard InChI is InChI=1S/C9H15N5O2/c1-14-5-7(12-13-14)9(11-8(15)16)3-2-4-10-6-9/h5,10-11H,2-4,6H2,1H3,(H,15,16). The number of aryl methyl sites for hydroxylation is 1. The lowest BCUT2D eigenvalue weighted by Gasteiger charge is -2.35. The molecular weight excluding hydrogens is 210 g/mol. The molecule has 88 valence electrons. The van der Waals surface area contributed by atoms with Gasteiger partial charge < -0.3 is 15.7 Å². The molecule has 1 aromatic heterocycles. The highest BCUT2D eigenvalue weighted by atomic mass is 16.4. The third kappa shape index (κ3) is 1.99. The largest absolute Gasteiger partial charge is 0.465 e. The molecule has 1 amide bonds. The van der Waals surface area contributed by atoms with Crippen LogP contribution in [0.1, 0.15) is 18.5 Å². The van der Waals surface area contributed by atoms with Crippen LogP contribution < -0.4 is 10.6 Å². The summed E-state index contributed by atoms with van der Waals surface area (Å²) in [6.45, 7) is 1.46. The molecule has 1 aliphatic rings. The fourth-order valence-electron chi connectivity index (χ4n) is 2.07. The second kappa shape index (κ2) is 4.09. The number of rotatable bonds is 2. The quantitative estimate of drug-likeness (QED) is 0.640. The van der Waals surface area contributed by atoms with E-state index in [-0.39, 0.29) is 0 Å². The van der Waals surface area contributed by atoms with Gasteiger partial charge in [0.15, 0.2) is 0 Å². The highest BCUT2D eigenvalue weighted by Crippen LogP contribution is 2.26. The van der Waals surface area contributed by atoms with E-state index >= 15 is 0 Å².